The molecule has 0 radical (unpaired) electrons. The highest BCUT2D eigenvalue weighted by Gasteiger charge is 2.27. The van der Waals surface area contributed by atoms with Crippen LogP contribution < -0.4 is 10.6 Å². The number of aliphatic hydroxyl groups is 1. The van der Waals surface area contributed by atoms with Crippen LogP contribution in [0.3, 0.4) is 0 Å². The summed E-state index contributed by atoms with van der Waals surface area (Å²) in [7, 11) is 0. The van der Waals surface area contributed by atoms with Crippen molar-refractivity contribution >= 4 is 6.03 Å². The van der Waals surface area contributed by atoms with E-state index in [0.29, 0.717) is 18.4 Å². The largest absolute Gasteiger partial charge is 0.508 e. The van der Waals surface area contributed by atoms with Crippen LogP contribution in [0.15, 0.2) is 42.5 Å². The lowest BCUT2D eigenvalue weighted by Gasteiger charge is -2.25. The molecule has 0 aliphatic heterocycles. The number of urea groups is 1. The van der Waals surface area contributed by atoms with Gasteiger partial charge in [-0.05, 0) is 54.7 Å². The standard InChI is InChI=1S/C19H21FN2O3/c1-19(25,13-5-3-6-14(20)9-13)11-21-18(24)22-15-8-12-4-2-7-17(23)16(12)10-15/h2-7,9,15,23,25H,8,10-11H2,1H3,(H2,21,22,24). The summed E-state index contributed by atoms with van der Waals surface area (Å²) in [6, 6.07) is 10.5. The Hall–Kier alpha value is -2.60. The van der Waals surface area contributed by atoms with Crippen molar-refractivity contribution in [2.75, 3.05) is 6.54 Å². The quantitative estimate of drug-likeness (QED) is 0.686. The Morgan fingerprint density at radius 1 is 1.28 bits per heavy atom. The van der Waals surface area contributed by atoms with Crippen molar-refractivity contribution in [1.29, 1.82) is 0 Å². The summed E-state index contributed by atoms with van der Waals surface area (Å²) in [6.45, 7) is 1.47. The number of carbonyl (C=O) groups is 1. The van der Waals surface area contributed by atoms with Gasteiger partial charge in [0.2, 0.25) is 0 Å². The number of halogens is 1. The molecule has 2 aromatic rings. The van der Waals surface area contributed by atoms with E-state index in [-0.39, 0.29) is 18.3 Å². The number of phenolic OH excluding ortho intramolecular Hbond substituents is 1. The van der Waals surface area contributed by atoms with Gasteiger partial charge in [0.15, 0.2) is 0 Å². The number of rotatable bonds is 4. The molecule has 0 saturated heterocycles. The predicted molar refractivity (Wildman–Crippen MR) is 91.8 cm³/mol. The molecule has 0 saturated carbocycles. The van der Waals surface area contributed by atoms with Gasteiger partial charge in [-0.1, -0.05) is 24.3 Å². The molecule has 2 aromatic carbocycles. The molecule has 4 N–H and O–H groups in total. The van der Waals surface area contributed by atoms with Crippen molar-refractivity contribution in [1.82, 2.24) is 10.6 Å². The van der Waals surface area contributed by atoms with E-state index >= 15 is 0 Å². The van der Waals surface area contributed by atoms with Crippen molar-refractivity contribution in [2.45, 2.75) is 31.4 Å². The Morgan fingerprint density at radius 2 is 2.04 bits per heavy atom. The van der Waals surface area contributed by atoms with Crippen LogP contribution in [0, 0.1) is 5.82 Å². The first-order valence-electron chi connectivity index (χ1n) is 8.18. The summed E-state index contributed by atoms with van der Waals surface area (Å²) >= 11 is 0. The highest BCUT2D eigenvalue weighted by atomic mass is 19.1. The molecule has 2 unspecified atom stereocenters. The maximum atomic E-state index is 13.3. The minimum absolute atomic E-state index is 0.0484. The third kappa shape index (κ3) is 3.91. The van der Waals surface area contributed by atoms with E-state index in [2.05, 4.69) is 10.6 Å². The summed E-state index contributed by atoms with van der Waals surface area (Å²) in [6.07, 6.45) is 1.22. The molecular formula is C19H21FN2O3. The molecule has 0 bridgehead atoms. The molecule has 2 atom stereocenters. The summed E-state index contributed by atoms with van der Waals surface area (Å²) in [5.41, 5.74) is 0.902. The molecule has 132 valence electrons. The number of nitrogens with one attached hydrogen (secondary N) is 2. The number of amides is 2. The van der Waals surface area contributed by atoms with Crippen molar-refractivity contribution in [3.8, 4) is 5.75 Å². The fourth-order valence-electron chi connectivity index (χ4n) is 3.15. The number of phenols is 1. The van der Waals surface area contributed by atoms with Crippen LogP contribution in [-0.2, 0) is 18.4 Å². The average molecular weight is 344 g/mol. The molecule has 0 aromatic heterocycles. The second kappa shape index (κ2) is 6.72. The minimum atomic E-state index is -1.38. The molecule has 2 amide bonds. The van der Waals surface area contributed by atoms with E-state index < -0.39 is 17.4 Å². The fraction of sp³-hybridized carbons (Fsp3) is 0.316. The van der Waals surface area contributed by atoms with E-state index in [0.717, 1.165) is 11.1 Å². The first-order chi connectivity index (χ1) is 11.8. The number of hydrogen-bond acceptors (Lipinski definition) is 3. The second-order valence-electron chi connectivity index (χ2n) is 6.63. The zero-order valence-corrected chi connectivity index (χ0v) is 13.9. The maximum Gasteiger partial charge on any atom is 0.315 e. The van der Waals surface area contributed by atoms with Crippen LogP contribution in [-0.4, -0.2) is 28.8 Å². The highest BCUT2D eigenvalue weighted by Crippen LogP contribution is 2.29. The van der Waals surface area contributed by atoms with Gasteiger partial charge in [0.1, 0.15) is 17.2 Å². The van der Waals surface area contributed by atoms with Crippen LogP contribution in [0.2, 0.25) is 0 Å². The van der Waals surface area contributed by atoms with E-state index in [1.807, 2.05) is 6.07 Å². The van der Waals surface area contributed by atoms with Gasteiger partial charge in [0.25, 0.3) is 0 Å². The second-order valence-corrected chi connectivity index (χ2v) is 6.63. The van der Waals surface area contributed by atoms with E-state index in [4.69, 9.17) is 0 Å². The number of carbonyl (C=O) groups excluding carboxylic acids is 1. The molecular weight excluding hydrogens is 323 g/mol. The van der Waals surface area contributed by atoms with Crippen LogP contribution in [0.5, 0.6) is 5.75 Å². The number of hydrogen-bond donors (Lipinski definition) is 4. The summed E-state index contributed by atoms with van der Waals surface area (Å²) < 4.78 is 13.3. The third-order valence-electron chi connectivity index (χ3n) is 4.54. The molecule has 0 fully saturated rings. The third-order valence-corrected chi connectivity index (χ3v) is 4.54. The molecule has 1 aliphatic rings. The Kier molecular flexibility index (Phi) is 4.63. The zero-order chi connectivity index (χ0) is 18.0. The number of benzene rings is 2. The van der Waals surface area contributed by atoms with Crippen molar-refractivity contribution in [2.24, 2.45) is 0 Å². The van der Waals surface area contributed by atoms with Gasteiger partial charge in [0.05, 0.1) is 6.54 Å². The lowest BCUT2D eigenvalue weighted by molar-refractivity contribution is 0.0589. The normalized spacial score (nSPS) is 18.3. The van der Waals surface area contributed by atoms with Crippen molar-refractivity contribution < 1.29 is 19.4 Å². The monoisotopic (exact) mass is 344 g/mol. The van der Waals surface area contributed by atoms with Crippen LogP contribution in [0.25, 0.3) is 0 Å². The predicted octanol–water partition coefficient (Wildman–Crippen LogP) is 2.21. The number of aromatic hydroxyl groups is 1. The van der Waals surface area contributed by atoms with Gasteiger partial charge in [-0.25, -0.2) is 9.18 Å². The molecule has 6 heteroatoms. The van der Waals surface area contributed by atoms with E-state index in [1.165, 1.54) is 25.1 Å². The SMILES string of the molecule is CC(O)(CNC(=O)NC1Cc2cccc(O)c2C1)c1cccc(F)c1. The molecule has 0 heterocycles. The summed E-state index contributed by atoms with van der Waals surface area (Å²) in [5.74, 6) is -0.193. The molecule has 25 heavy (non-hydrogen) atoms. The first kappa shape index (κ1) is 17.2. The number of fused-ring (bicyclic) bond motifs is 1. The van der Waals surface area contributed by atoms with E-state index in [9.17, 15) is 19.4 Å². The summed E-state index contributed by atoms with van der Waals surface area (Å²) in [4.78, 5) is 12.1. The Labute approximate surface area is 145 Å². The fourth-order valence-corrected chi connectivity index (χ4v) is 3.15. The Morgan fingerprint density at radius 3 is 2.76 bits per heavy atom. The zero-order valence-electron chi connectivity index (χ0n) is 13.9. The van der Waals surface area contributed by atoms with Gasteiger partial charge in [0, 0.05) is 6.04 Å². The van der Waals surface area contributed by atoms with Crippen LogP contribution in [0.4, 0.5) is 9.18 Å². The minimum Gasteiger partial charge on any atom is -0.508 e. The van der Waals surface area contributed by atoms with Crippen molar-refractivity contribution in [3.05, 3.63) is 65.0 Å². The molecule has 0 spiro atoms. The van der Waals surface area contributed by atoms with Gasteiger partial charge >= 0.3 is 6.03 Å². The van der Waals surface area contributed by atoms with Gasteiger partial charge in [-0.2, -0.15) is 0 Å². The smallest absolute Gasteiger partial charge is 0.315 e. The van der Waals surface area contributed by atoms with Crippen LogP contribution in [0.1, 0.15) is 23.6 Å². The van der Waals surface area contributed by atoms with Gasteiger partial charge < -0.3 is 20.8 Å². The topological polar surface area (TPSA) is 81.6 Å². The van der Waals surface area contributed by atoms with Gasteiger partial charge in [-0.3, -0.25) is 0 Å². The van der Waals surface area contributed by atoms with Crippen LogP contribution >= 0.6 is 0 Å². The Bertz CT molecular complexity index is 792. The van der Waals surface area contributed by atoms with E-state index in [1.54, 1.807) is 18.2 Å². The highest BCUT2D eigenvalue weighted by molar-refractivity contribution is 5.74. The molecule has 5 nitrogen and oxygen atoms in total. The molecule has 3 rings (SSSR count). The average Bonchev–Trinajstić information content (AvgIpc) is 2.97. The summed E-state index contributed by atoms with van der Waals surface area (Å²) in [5, 5.41) is 25.8. The molecule has 1 aliphatic carbocycles. The lowest BCUT2D eigenvalue weighted by atomic mass is 9.96. The lowest BCUT2D eigenvalue weighted by Crippen LogP contribution is -2.47. The van der Waals surface area contributed by atoms with Crippen molar-refractivity contribution in [3.63, 3.8) is 0 Å². The Balaban J connectivity index is 1.55. The first-order valence-corrected chi connectivity index (χ1v) is 8.18. The van der Waals surface area contributed by atoms with Gasteiger partial charge in [-0.15, -0.1) is 0 Å². The maximum absolute atomic E-state index is 13.3.